The molecule has 1 fully saturated rings. The molecule has 2 aliphatic rings. The van der Waals surface area contributed by atoms with Crippen molar-refractivity contribution in [3.8, 4) is 0 Å². The second-order valence-corrected chi connectivity index (χ2v) is 8.49. The summed E-state index contributed by atoms with van der Waals surface area (Å²) in [4.78, 5) is 31.6. The van der Waals surface area contributed by atoms with Crippen LogP contribution in [0.5, 0.6) is 0 Å². The second kappa shape index (κ2) is 8.27. The van der Waals surface area contributed by atoms with Crippen molar-refractivity contribution in [3.05, 3.63) is 64.1 Å². The van der Waals surface area contributed by atoms with Gasteiger partial charge in [0.05, 0.1) is 10.9 Å². The van der Waals surface area contributed by atoms with Crippen molar-refractivity contribution in [2.24, 2.45) is 5.41 Å². The van der Waals surface area contributed by atoms with E-state index in [1.165, 1.54) is 29.8 Å². The van der Waals surface area contributed by atoms with Crippen molar-refractivity contribution in [2.75, 3.05) is 19.6 Å². The van der Waals surface area contributed by atoms with Crippen LogP contribution in [0.15, 0.2) is 52.9 Å². The van der Waals surface area contributed by atoms with Gasteiger partial charge in [0.1, 0.15) is 5.69 Å². The van der Waals surface area contributed by atoms with Crippen LogP contribution in [-0.4, -0.2) is 41.3 Å². The first-order valence-electron chi connectivity index (χ1n) is 9.84. The number of aromatic nitrogens is 1. The standard InChI is InChI=1S/C22H25N3O2S/c26-20(19-13-28-16-24-19)25-14-22(15-25,11-17-7-3-1-4-8-17)21(27)23-12-18-9-5-2-6-10-18/h1,3-4,7-9,13,16H,2,5-6,10-12,14-15H2,(H,23,27). The highest BCUT2D eigenvalue weighted by atomic mass is 32.1. The predicted octanol–water partition coefficient (Wildman–Crippen LogP) is 3.44. The Hall–Kier alpha value is -2.47. The molecule has 4 rings (SSSR count). The minimum atomic E-state index is -0.567. The van der Waals surface area contributed by atoms with Gasteiger partial charge < -0.3 is 10.2 Å². The van der Waals surface area contributed by atoms with Gasteiger partial charge in [0, 0.05) is 25.0 Å². The molecule has 0 bridgehead atoms. The minimum Gasteiger partial charge on any atom is -0.352 e. The van der Waals surface area contributed by atoms with Crippen LogP contribution >= 0.6 is 11.3 Å². The maximum absolute atomic E-state index is 13.2. The summed E-state index contributed by atoms with van der Waals surface area (Å²) in [6.07, 6.45) is 7.51. The molecular weight excluding hydrogens is 370 g/mol. The van der Waals surface area contributed by atoms with Crippen LogP contribution in [0.1, 0.15) is 41.7 Å². The van der Waals surface area contributed by atoms with Gasteiger partial charge in [-0.1, -0.05) is 42.0 Å². The van der Waals surface area contributed by atoms with Crippen molar-refractivity contribution < 1.29 is 9.59 Å². The largest absolute Gasteiger partial charge is 0.352 e. The molecule has 1 saturated heterocycles. The molecule has 1 aromatic carbocycles. The molecule has 1 aromatic heterocycles. The molecule has 1 N–H and O–H groups in total. The van der Waals surface area contributed by atoms with Crippen molar-refractivity contribution in [3.63, 3.8) is 0 Å². The molecular formula is C22H25N3O2S. The van der Waals surface area contributed by atoms with Crippen LogP contribution in [0, 0.1) is 5.41 Å². The van der Waals surface area contributed by atoms with E-state index in [1.807, 2.05) is 30.3 Å². The fourth-order valence-corrected chi connectivity index (χ4v) is 4.60. The molecule has 6 heteroatoms. The van der Waals surface area contributed by atoms with Gasteiger partial charge in [-0.15, -0.1) is 11.3 Å². The number of carbonyl (C=O) groups excluding carboxylic acids is 2. The SMILES string of the molecule is O=C(c1cscn1)N1CC(Cc2ccccc2)(C(=O)NCC2=CCCCC2)C1. The average molecular weight is 396 g/mol. The van der Waals surface area contributed by atoms with Crippen molar-refractivity contribution >= 4 is 23.2 Å². The molecule has 28 heavy (non-hydrogen) atoms. The number of hydrogen-bond donors (Lipinski definition) is 1. The first-order chi connectivity index (χ1) is 13.7. The summed E-state index contributed by atoms with van der Waals surface area (Å²) >= 11 is 1.41. The summed E-state index contributed by atoms with van der Waals surface area (Å²) in [5.41, 5.74) is 4.00. The molecule has 0 saturated carbocycles. The summed E-state index contributed by atoms with van der Waals surface area (Å²) in [7, 11) is 0. The van der Waals surface area contributed by atoms with E-state index in [1.54, 1.807) is 15.8 Å². The van der Waals surface area contributed by atoms with Gasteiger partial charge in [-0.2, -0.15) is 0 Å². The lowest BCUT2D eigenvalue weighted by molar-refractivity contribution is -0.139. The highest BCUT2D eigenvalue weighted by molar-refractivity contribution is 7.07. The summed E-state index contributed by atoms with van der Waals surface area (Å²) in [5.74, 6) is -0.0436. The summed E-state index contributed by atoms with van der Waals surface area (Å²) < 4.78 is 0. The zero-order chi connectivity index (χ0) is 19.4. The Morgan fingerprint density at radius 1 is 1.18 bits per heavy atom. The number of allylic oxidation sites excluding steroid dienone is 1. The lowest BCUT2D eigenvalue weighted by atomic mass is 9.73. The summed E-state index contributed by atoms with van der Waals surface area (Å²) in [6, 6.07) is 10.0. The van der Waals surface area contributed by atoms with Gasteiger partial charge in [0.25, 0.3) is 5.91 Å². The van der Waals surface area contributed by atoms with Gasteiger partial charge in [-0.3, -0.25) is 9.59 Å². The average Bonchev–Trinajstić information content (AvgIpc) is 3.24. The van der Waals surface area contributed by atoms with Gasteiger partial charge in [0.15, 0.2) is 0 Å². The van der Waals surface area contributed by atoms with Crippen LogP contribution in [0.25, 0.3) is 0 Å². The molecule has 0 atom stereocenters. The van der Waals surface area contributed by atoms with E-state index in [9.17, 15) is 9.59 Å². The van der Waals surface area contributed by atoms with Crippen LogP contribution in [0.3, 0.4) is 0 Å². The Kier molecular flexibility index (Phi) is 5.57. The number of amides is 2. The molecule has 5 nitrogen and oxygen atoms in total. The third-order valence-corrected chi connectivity index (χ3v) is 6.24. The first kappa shape index (κ1) is 18.9. The van der Waals surface area contributed by atoms with E-state index in [0.29, 0.717) is 31.7 Å². The lowest BCUT2D eigenvalue weighted by Gasteiger charge is -2.48. The number of rotatable bonds is 6. The van der Waals surface area contributed by atoms with Gasteiger partial charge in [-0.25, -0.2) is 4.98 Å². The molecule has 1 aliphatic heterocycles. The Morgan fingerprint density at radius 3 is 2.68 bits per heavy atom. The van der Waals surface area contributed by atoms with Crippen molar-refractivity contribution in [1.29, 1.82) is 0 Å². The Bertz CT molecular complexity index is 855. The third-order valence-electron chi connectivity index (χ3n) is 5.65. The molecule has 0 unspecified atom stereocenters. The van der Waals surface area contributed by atoms with E-state index in [-0.39, 0.29) is 11.8 Å². The zero-order valence-corrected chi connectivity index (χ0v) is 16.7. The highest BCUT2D eigenvalue weighted by Crippen LogP contribution is 2.36. The van der Waals surface area contributed by atoms with Crippen LogP contribution < -0.4 is 5.32 Å². The monoisotopic (exact) mass is 395 g/mol. The number of nitrogens with zero attached hydrogens (tertiary/aromatic N) is 2. The highest BCUT2D eigenvalue weighted by Gasteiger charge is 2.51. The quantitative estimate of drug-likeness (QED) is 0.762. The zero-order valence-electron chi connectivity index (χ0n) is 15.9. The molecule has 146 valence electrons. The maximum atomic E-state index is 13.2. The molecule has 2 amide bonds. The Balaban J connectivity index is 1.45. The fourth-order valence-electron chi connectivity index (χ4n) is 4.08. The molecule has 0 radical (unpaired) electrons. The van der Waals surface area contributed by atoms with Crippen molar-refractivity contribution in [2.45, 2.75) is 32.1 Å². The Morgan fingerprint density at radius 2 is 2.00 bits per heavy atom. The lowest BCUT2D eigenvalue weighted by Crippen LogP contribution is -2.65. The van der Waals surface area contributed by atoms with E-state index in [4.69, 9.17) is 0 Å². The topological polar surface area (TPSA) is 62.3 Å². The number of hydrogen-bond acceptors (Lipinski definition) is 4. The van der Waals surface area contributed by atoms with Gasteiger partial charge >= 0.3 is 0 Å². The van der Waals surface area contributed by atoms with Crippen LogP contribution in [-0.2, 0) is 11.2 Å². The number of likely N-dealkylation sites (tertiary alicyclic amines) is 1. The number of benzene rings is 1. The van der Waals surface area contributed by atoms with Crippen LogP contribution in [0.4, 0.5) is 0 Å². The summed E-state index contributed by atoms with van der Waals surface area (Å²) in [5, 5.41) is 4.91. The smallest absolute Gasteiger partial charge is 0.273 e. The maximum Gasteiger partial charge on any atom is 0.273 e. The molecule has 0 spiro atoms. The normalized spacial score (nSPS) is 18.1. The molecule has 1 aliphatic carbocycles. The van der Waals surface area contributed by atoms with Gasteiger partial charge in [0.2, 0.25) is 5.91 Å². The van der Waals surface area contributed by atoms with Crippen LogP contribution in [0.2, 0.25) is 0 Å². The predicted molar refractivity (Wildman–Crippen MR) is 110 cm³/mol. The minimum absolute atomic E-state index is 0.0464. The number of carbonyl (C=O) groups is 2. The molecule has 2 heterocycles. The second-order valence-electron chi connectivity index (χ2n) is 7.77. The summed E-state index contributed by atoms with van der Waals surface area (Å²) in [6.45, 7) is 1.49. The Labute approximate surface area is 169 Å². The third kappa shape index (κ3) is 4.02. The van der Waals surface area contributed by atoms with E-state index in [2.05, 4.69) is 16.4 Å². The number of thiazole rings is 1. The fraction of sp³-hybridized carbons (Fsp3) is 0.409. The van der Waals surface area contributed by atoms with E-state index < -0.39 is 5.41 Å². The number of nitrogens with one attached hydrogen (secondary N) is 1. The van der Waals surface area contributed by atoms with E-state index in [0.717, 1.165) is 18.4 Å². The first-order valence-corrected chi connectivity index (χ1v) is 10.8. The van der Waals surface area contributed by atoms with E-state index >= 15 is 0 Å². The van der Waals surface area contributed by atoms with Gasteiger partial charge in [-0.05, 0) is 37.7 Å². The van der Waals surface area contributed by atoms with Crippen molar-refractivity contribution in [1.82, 2.24) is 15.2 Å². The molecule has 2 aromatic rings.